The summed E-state index contributed by atoms with van der Waals surface area (Å²) in [5.74, 6) is 0.771. The molecule has 2 nitrogen and oxygen atoms in total. The summed E-state index contributed by atoms with van der Waals surface area (Å²) in [5.41, 5.74) is 2.78. The third-order valence-corrected chi connectivity index (χ3v) is 3.85. The Morgan fingerprint density at radius 3 is 2.71 bits per heavy atom. The van der Waals surface area contributed by atoms with Gasteiger partial charge in [-0.2, -0.15) is 0 Å². The van der Waals surface area contributed by atoms with Crippen LogP contribution in [-0.2, 0) is 11.3 Å². The molecule has 1 fully saturated rings. The van der Waals surface area contributed by atoms with Gasteiger partial charge in [-0.3, -0.25) is 0 Å². The summed E-state index contributed by atoms with van der Waals surface area (Å²) >= 11 is 0. The standard InChI is InChI=1S/C15H23NO/c1-12-5-3-4-6-15(12)11-16-13(2)14-7-9-17-10-8-14/h3-6,13-14,16H,7-11H2,1-2H3. The second-order valence-electron chi connectivity index (χ2n) is 5.05. The summed E-state index contributed by atoms with van der Waals surface area (Å²) in [6.07, 6.45) is 2.39. The number of nitrogens with one attached hydrogen (secondary N) is 1. The van der Waals surface area contributed by atoms with E-state index in [0.29, 0.717) is 6.04 Å². The zero-order chi connectivity index (χ0) is 12.1. The lowest BCUT2D eigenvalue weighted by Gasteiger charge is -2.28. The molecule has 1 heterocycles. The van der Waals surface area contributed by atoms with Crippen molar-refractivity contribution in [2.75, 3.05) is 13.2 Å². The largest absolute Gasteiger partial charge is 0.381 e. The fourth-order valence-corrected chi connectivity index (χ4v) is 2.46. The average molecular weight is 233 g/mol. The summed E-state index contributed by atoms with van der Waals surface area (Å²) in [4.78, 5) is 0. The predicted molar refractivity (Wildman–Crippen MR) is 71.0 cm³/mol. The maximum atomic E-state index is 5.40. The molecule has 0 spiro atoms. The number of rotatable bonds is 4. The minimum Gasteiger partial charge on any atom is -0.381 e. The van der Waals surface area contributed by atoms with E-state index in [0.717, 1.165) is 25.7 Å². The summed E-state index contributed by atoms with van der Waals surface area (Å²) in [6, 6.07) is 9.18. The Bertz CT molecular complexity index is 345. The van der Waals surface area contributed by atoms with E-state index in [-0.39, 0.29) is 0 Å². The monoisotopic (exact) mass is 233 g/mol. The van der Waals surface area contributed by atoms with E-state index in [1.54, 1.807) is 0 Å². The normalized spacial score (nSPS) is 19.2. The molecule has 2 heteroatoms. The van der Waals surface area contributed by atoms with E-state index in [1.807, 2.05) is 0 Å². The van der Waals surface area contributed by atoms with Crippen LogP contribution < -0.4 is 5.32 Å². The van der Waals surface area contributed by atoms with Gasteiger partial charge in [0.15, 0.2) is 0 Å². The van der Waals surface area contributed by atoms with Gasteiger partial charge in [0.05, 0.1) is 0 Å². The topological polar surface area (TPSA) is 21.3 Å². The van der Waals surface area contributed by atoms with Crippen molar-refractivity contribution in [1.82, 2.24) is 5.32 Å². The molecule has 0 radical (unpaired) electrons. The molecule has 1 aromatic rings. The molecular weight excluding hydrogens is 210 g/mol. The number of ether oxygens (including phenoxy) is 1. The smallest absolute Gasteiger partial charge is 0.0469 e. The molecule has 1 saturated heterocycles. The first-order valence-corrected chi connectivity index (χ1v) is 6.63. The van der Waals surface area contributed by atoms with E-state index >= 15 is 0 Å². The molecule has 1 aliphatic rings. The quantitative estimate of drug-likeness (QED) is 0.863. The Morgan fingerprint density at radius 2 is 2.00 bits per heavy atom. The van der Waals surface area contributed by atoms with Crippen LogP contribution in [0.4, 0.5) is 0 Å². The van der Waals surface area contributed by atoms with Gasteiger partial charge in [0.25, 0.3) is 0 Å². The molecule has 17 heavy (non-hydrogen) atoms. The van der Waals surface area contributed by atoms with Crippen LogP contribution in [0.2, 0.25) is 0 Å². The number of hydrogen-bond acceptors (Lipinski definition) is 2. The van der Waals surface area contributed by atoms with E-state index in [9.17, 15) is 0 Å². The first-order valence-electron chi connectivity index (χ1n) is 6.63. The number of hydrogen-bond donors (Lipinski definition) is 1. The molecule has 0 bridgehead atoms. The van der Waals surface area contributed by atoms with Gasteiger partial charge in [0.1, 0.15) is 0 Å². The van der Waals surface area contributed by atoms with Gasteiger partial charge in [-0.15, -0.1) is 0 Å². The second kappa shape index (κ2) is 6.18. The van der Waals surface area contributed by atoms with Crippen molar-refractivity contribution in [3.63, 3.8) is 0 Å². The van der Waals surface area contributed by atoms with Gasteiger partial charge < -0.3 is 10.1 Å². The van der Waals surface area contributed by atoms with Crippen molar-refractivity contribution in [1.29, 1.82) is 0 Å². The Hall–Kier alpha value is -0.860. The van der Waals surface area contributed by atoms with Crippen LogP contribution in [-0.4, -0.2) is 19.3 Å². The van der Waals surface area contributed by atoms with Crippen LogP contribution in [0, 0.1) is 12.8 Å². The lowest BCUT2D eigenvalue weighted by atomic mass is 9.92. The van der Waals surface area contributed by atoms with Crippen molar-refractivity contribution in [2.45, 2.75) is 39.3 Å². The van der Waals surface area contributed by atoms with Crippen LogP contribution in [0.1, 0.15) is 30.9 Å². The fraction of sp³-hybridized carbons (Fsp3) is 0.600. The molecule has 1 aliphatic heterocycles. The van der Waals surface area contributed by atoms with Gasteiger partial charge in [-0.05, 0) is 43.7 Å². The molecule has 0 amide bonds. The highest BCUT2D eigenvalue weighted by atomic mass is 16.5. The van der Waals surface area contributed by atoms with Gasteiger partial charge in [0.2, 0.25) is 0 Å². The zero-order valence-corrected chi connectivity index (χ0v) is 10.9. The van der Waals surface area contributed by atoms with E-state index in [2.05, 4.69) is 43.4 Å². The first kappa shape index (κ1) is 12.6. The molecule has 0 aromatic heterocycles. The van der Waals surface area contributed by atoms with Crippen molar-refractivity contribution in [3.05, 3.63) is 35.4 Å². The highest BCUT2D eigenvalue weighted by molar-refractivity contribution is 5.25. The molecule has 94 valence electrons. The van der Waals surface area contributed by atoms with Crippen molar-refractivity contribution >= 4 is 0 Å². The summed E-state index contributed by atoms with van der Waals surface area (Å²) in [7, 11) is 0. The van der Waals surface area contributed by atoms with Crippen LogP contribution in [0.25, 0.3) is 0 Å². The molecule has 1 aromatic carbocycles. The second-order valence-corrected chi connectivity index (χ2v) is 5.05. The Morgan fingerprint density at radius 1 is 1.29 bits per heavy atom. The van der Waals surface area contributed by atoms with E-state index < -0.39 is 0 Å². The number of benzene rings is 1. The van der Waals surface area contributed by atoms with Gasteiger partial charge in [0, 0.05) is 25.8 Å². The van der Waals surface area contributed by atoms with Crippen LogP contribution in [0.3, 0.4) is 0 Å². The Kier molecular flexibility index (Phi) is 4.57. The first-order chi connectivity index (χ1) is 8.27. The molecule has 1 atom stereocenters. The Balaban J connectivity index is 1.83. The van der Waals surface area contributed by atoms with Crippen LogP contribution in [0.15, 0.2) is 24.3 Å². The average Bonchev–Trinajstić information content (AvgIpc) is 2.38. The number of aryl methyl sites for hydroxylation is 1. The molecular formula is C15H23NO. The Labute approximate surface area is 104 Å². The van der Waals surface area contributed by atoms with Crippen molar-refractivity contribution in [3.8, 4) is 0 Å². The van der Waals surface area contributed by atoms with Gasteiger partial charge >= 0.3 is 0 Å². The van der Waals surface area contributed by atoms with Gasteiger partial charge in [-0.25, -0.2) is 0 Å². The zero-order valence-electron chi connectivity index (χ0n) is 10.9. The summed E-state index contributed by atoms with van der Waals surface area (Å²) < 4.78 is 5.40. The third-order valence-electron chi connectivity index (χ3n) is 3.85. The molecule has 0 aliphatic carbocycles. The minimum absolute atomic E-state index is 0.582. The lowest BCUT2D eigenvalue weighted by molar-refractivity contribution is 0.0558. The van der Waals surface area contributed by atoms with Gasteiger partial charge in [-0.1, -0.05) is 24.3 Å². The lowest BCUT2D eigenvalue weighted by Crippen LogP contribution is -2.36. The van der Waals surface area contributed by atoms with E-state index in [1.165, 1.54) is 24.0 Å². The van der Waals surface area contributed by atoms with Crippen molar-refractivity contribution < 1.29 is 4.74 Å². The fourth-order valence-electron chi connectivity index (χ4n) is 2.46. The molecule has 2 rings (SSSR count). The van der Waals surface area contributed by atoms with Crippen LogP contribution >= 0.6 is 0 Å². The molecule has 1 N–H and O–H groups in total. The van der Waals surface area contributed by atoms with E-state index in [4.69, 9.17) is 4.74 Å². The molecule has 0 saturated carbocycles. The summed E-state index contributed by atoms with van der Waals surface area (Å²) in [6.45, 7) is 7.32. The van der Waals surface area contributed by atoms with Crippen LogP contribution in [0.5, 0.6) is 0 Å². The molecule has 1 unspecified atom stereocenters. The highest BCUT2D eigenvalue weighted by Crippen LogP contribution is 2.19. The van der Waals surface area contributed by atoms with Crippen molar-refractivity contribution in [2.24, 2.45) is 5.92 Å². The third kappa shape index (κ3) is 3.55. The highest BCUT2D eigenvalue weighted by Gasteiger charge is 2.19. The summed E-state index contributed by atoms with van der Waals surface area (Å²) in [5, 5.41) is 3.65. The maximum Gasteiger partial charge on any atom is 0.0469 e. The maximum absolute atomic E-state index is 5.40. The predicted octanol–water partition coefficient (Wildman–Crippen LogP) is 2.90. The minimum atomic E-state index is 0.582. The SMILES string of the molecule is Cc1ccccc1CNC(C)C1CCOCC1.